The summed E-state index contributed by atoms with van der Waals surface area (Å²) in [5.74, 6) is 0.181. The average Bonchev–Trinajstić information content (AvgIpc) is 3.07. The smallest absolute Gasteiger partial charge is 0.220 e. The van der Waals surface area contributed by atoms with Crippen molar-refractivity contribution in [2.45, 2.75) is 31.7 Å². The molecule has 2 N–H and O–H groups in total. The molecule has 0 bridgehead atoms. The predicted molar refractivity (Wildman–Crippen MR) is 78.5 cm³/mol. The van der Waals surface area contributed by atoms with E-state index in [2.05, 4.69) is 15.6 Å². The number of aromatic nitrogens is 1. The maximum Gasteiger partial charge on any atom is 0.220 e. The summed E-state index contributed by atoms with van der Waals surface area (Å²) in [7, 11) is 0. The van der Waals surface area contributed by atoms with Gasteiger partial charge in [0.05, 0.1) is 15.9 Å². The molecule has 0 aromatic carbocycles. The molecule has 19 heavy (non-hydrogen) atoms. The van der Waals surface area contributed by atoms with Gasteiger partial charge < -0.3 is 10.6 Å². The third kappa shape index (κ3) is 3.23. The van der Waals surface area contributed by atoms with Gasteiger partial charge in [-0.2, -0.15) is 0 Å². The molecule has 2 aromatic heterocycles. The van der Waals surface area contributed by atoms with E-state index in [0.29, 0.717) is 12.5 Å². The van der Waals surface area contributed by atoms with Gasteiger partial charge in [0.2, 0.25) is 5.91 Å². The van der Waals surface area contributed by atoms with Crippen LogP contribution < -0.4 is 10.6 Å². The van der Waals surface area contributed by atoms with Crippen molar-refractivity contribution < 1.29 is 4.79 Å². The van der Waals surface area contributed by atoms with Crippen molar-refractivity contribution in [1.82, 2.24) is 10.3 Å². The van der Waals surface area contributed by atoms with Crippen molar-refractivity contribution in [3.63, 3.8) is 0 Å². The minimum atomic E-state index is 0.181. The van der Waals surface area contributed by atoms with E-state index in [1.54, 1.807) is 11.3 Å². The third-order valence-corrected chi connectivity index (χ3v) is 4.12. The van der Waals surface area contributed by atoms with Gasteiger partial charge in [0.1, 0.15) is 0 Å². The largest absolute Gasteiger partial charge is 0.384 e. The maximum atomic E-state index is 11.5. The Morgan fingerprint density at radius 1 is 1.42 bits per heavy atom. The molecule has 0 aliphatic heterocycles. The van der Waals surface area contributed by atoms with Gasteiger partial charge in [-0.05, 0) is 36.8 Å². The number of hydrogen-bond acceptors (Lipinski definition) is 4. The first kappa shape index (κ1) is 12.4. The fourth-order valence-corrected chi connectivity index (χ4v) is 2.85. The predicted octanol–water partition coefficient (Wildman–Crippen LogP) is 2.77. The van der Waals surface area contributed by atoms with E-state index in [1.165, 1.54) is 4.70 Å². The molecule has 0 unspecified atom stereocenters. The van der Waals surface area contributed by atoms with Gasteiger partial charge in [-0.25, -0.2) is 0 Å². The molecule has 2 heterocycles. The number of pyridine rings is 1. The highest BCUT2D eigenvalue weighted by Gasteiger charge is 2.22. The summed E-state index contributed by atoms with van der Waals surface area (Å²) in [6.45, 7) is 0.815. The first-order valence-electron chi connectivity index (χ1n) is 6.68. The SMILES string of the molecule is O=C(CCCNc1ccnc2ccsc12)NC1CC1. The van der Waals surface area contributed by atoms with E-state index in [0.717, 1.165) is 37.0 Å². The van der Waals surface area contributed by atoms with E-state index in [-0.39, 0.29) is 5.91 Å². The second-order valence-corrected chi connectivity index (χ2v) is 5.78. The van der Waals surface area contributed by atoms with Crippen molar-refractivity contribution in [1.29, 1.82) is 0 Å². The van der Waals surface area contributed by atoms with Crippen LogP contribution in [-0.4, -0.2) is 23.5 Å². The number of carbonyl (C=O) groups excluding carboxylic acids is 1. The number of amides is 1. The zero-order valence-electron chi connectivity index (χ0n) is 10.7. The third-order valence-electron chi connectivity index (χ3n) is 3.18. The van der Waals surface area contributed by atoms with Crippen LogP contribution in [0.3, 0.4) is 0 Å². The molecule has 2 aromatic rings. The quantitative estimate of drug-likeness (QED) is 0.797. The Balaban J connectivity index is 1.46. The summed E-state index contributed by atoms with van der Waals surface area (Å²) in [6.07, 6.45) is 5.57. The zero-order valence-corrected chi connectivity index (χ0v) is 11.5. The van der Waals surface area contributed by atoms with E-state index in [4.69, 9.17) is 0 Å². The van der Waals surface area contributed by atoms with Gasteiger partial charge in [-0.15, -0.1) is 11.3 Å². The Hall–Kier alpha value is -1.62. The molecule has 5 heteroatoms. The monoisotopic (exact) mass is 275 g/mol. The lowest BCUT2D eigenvalue weighted by Crippen LogP contribution is -2.25. The van der Waals surface area contributed by atoms with Gasteiger partial charge in [0.15, 0.2) is 0 Å². The molecule has 1 fully saturated rings. The van der Waals surface area contributed by atoms with Gasteiger partial charge in [0, 0.05) is 25.2 Å². The van der Waals surface area contributed by atoms with E-state index >= 15 is 0 Å². The Bertz CT molecular complexity index is 577. The molecule has 0 saturated heterocycles. The molecule has 100 valence electrons. The summed E-state index contributed by atoms with van der Waals surface area (Å²) in [5.41, 5.74) is 2.14. The van der Waals surface area contributed by atoms with Crippen molar-refractivity contribution in [2.24, 2.45) is 0 Å². The van der Waals surface area contributed by atoms with Crippen LogP contribution in [0.4, 0.5) is 5.69 Å². The Labute approximate surface area is 116 Å². The molecular weight excluding hydrogens is 258 g/mol. The highest BCUT2D eigenvalue weighted by Crippen LogP contribution is 2.26. The van der Waals surface area contributed by atoms with Crippen LogP contribution in [0.25, 0.3) is 10.2 Å². The number of nitrogens with one attached hydrogen (secondary N) is 2. The van der Waals surface area contributed by atoms with Crippen molar-refractivity contribution >= 4 is 33.1 Å². The highest BCUT2D eigenvalue weighted by atomic mass is 32.1. The zero-order chi connectivity index (χ0) is 13.1. The van der Waals surface area contributed by atoms with Gasteiger partial charge in [-0.1, -0.05) is 0 Å². The van der Waals surface area contributed by atoms with Crippen molar-refractivity contribution in [3.05, 3.63) is 23.7 Å². The number of nitrogens with zero attached hydrogens (tertiary/aromatic N) is 1. The van der Waals surface area contributed by atoms with Gasteiger partial charge in [-0.3, -0.25) is 9.78 Å². The van der Waals surface area contributed by atoms with E-state index < -0.39 is 0 Å². The number of hydrogen-bond donors (Lipinski definition) is 2. The normalized spacial score (nSPS) is 14.5. The molecule has 4 nitrogen and oxygen atoms in total. The summed E-state index contributed by atoms with van der Waals surface area (Å²) in [5, 5.41) is 8.44. The summed E-state index contributed by atoms with van der Waals surface area (Å²) >= 11 is 1.69. The number of thiophene rings is 1. The van der Waals surface area contributed by atoms with Gasteiger partial charge >= 0.3 is 0 Å². The Morgan fingerprint density at radius 3 is 3.16 bits per heavy atom. The fraction of sp³-hybridized carbons (Fsp3) is 0.429. The second-order valence-electron chi connectivity index (χ2n) is 4.87. The highest BCUT2D eigenvalue weighted by molar-refractivity contribution is 7.17. The first-order valence-corrected chi connectivity index (χ1v) is 7.56. The molecule has 1 saturated carbocycles. The molecule has 1 aliphatic carbocycles. The number of anilines is 1. The Kier molecular flexibility index (Phi) is 3.64. The summed E-state index contributed by atoms with van der Waals surface area (Å²) in [4.78, 5) is 15.8. The number of carbonyl (C=O) groups is 1. The first-order chi connectivity index (χ1) is 9.33. The Morgan fingerprint density at radius 2 is 2.32 bits per heavy atom. The fourth-order valence-electron chi connectivity index (χ4n) is 2.01. The lowest BCUT2D eigenvalue weighted by molar-refractivity contribution is -0.121. The van der Waals surface area contributed by atoms with Crippen LogP contribution in [0, 0.1) is 0 Å². The molecule has 1 amide bonds. The number of rotatable bonds is 6. The van der Waals surface area contributed by atoms with E-state index in [1.807, 2.05) is 23.7 Å². The molecule has 1 aliphatic rings. The van der Waals surface area contributed by atoms with Crippen LogP contribution >= 0.6 is 11.3 Å². The summed E-state index contributed by atoms with van der Waals surface area (Å²) in [6, 6.07) is 4.48. The topological polar surface area (TPSA) is 54.0 Å². The standard InChI is InChI=1S/C14H17N3OS/c18-13(17-10-3-4-10)2-1-7-15-11-5-8-16-12-6-9-19-14(11)12/h5-6,8-10H,1-4,7H2,(H,15,16)(H,17,18). The van der Waals surface area contributed by atoms with Crippen LogP contribution in [-0.2, 0) is 4.79 Å². The second kappa shape index (κ2) is 5.57. The van der Waals surface area contributed by atoms with Crippen molar-refractivity contribution in [2.75, 3.05) is 11.9 Å². The average molecular weight is 275 g/mol. The minimum absolute atomic E-state index is 0.181. The summed E-state index contributed by atoms with van der Waals surface area (Å²) < 4.78 is 1.19. The molecule has 0 radical (unpaired) electrons. The number of fused-ring (bicyclic) bond motifs is 1. The van der Waals surface area contributed by atoms with Crippen molar-refractivity contribution in [3.8, 4) is 0 Å². The molecule has 3 rings (SSSR count). The van der Waals surface area contributed by atoms with Crippen LogP contribution in [0.5, 0.6) is 0 Å². The molecule has 0 atom stereocenters. The van der Waals surface area contributed by atoms with Crippen LogP contribution in [0.2, 0.25) is 0 Å². The minimum Gasteiger partial charge on any atom is -0.384 e. The van der Waals surface area contributed by atoms with Gasteiger partial charge in [0.25, 0.3) is 0 Å². The maximum absolute atomic E-state index is 11.5. The van der Waals surface area contributed by atoms with Crippen LogP contribution in [0.1, 0.15) is 25.7 Å². The lowest BCUT2D eigenvalue weighted by Gasteiger charge is -2.07. The van der Waals surface area contributed by atoms with E-state index in [9.17, 15) is 4.79 Å². The van der Waals surface area contributed by atoms with Crippen LogP contribution in [0.15, 0.2) is 23.7 Å². The lowest BCUT2D eigenvalue weighted by atomic mass is 10.2. The molecule has 0 spiro atoms. The molecular formula is C14H17N3OS.